The molecule has 0 aliphatic rings. The molecule has 0 aliphatic heterocycles. The van der Waals surface area contributed by atoms with E-state index in [9.17, 15) is 10.1 Å². The normalized spacial score (nSPS) is 9.83. The monoisotopic (exact) mass is 246 g/mol. The standard InChI is InChI=1S/C11H10N4O3/c12-14-11-7-10(5-6-13-11)18-9-3-1-8(2-4-9)15(16)17/h1-7H,12H2,(H,13,14). The number of nitrogens with zero attached hydrogens (tertiary/aromatic N) is 2. The van der Waals surface area contributed by atoms with E-state index in [-0.39, 0.29) is 5.69 Å². The van der Waals surface area contributed by atoms with Gasteiger partial charge in [-0.25, -0.2) is 10.8 Å². The van der Waals surface area contributed by atoms with Gasteiger partial charge < -0.3 is 10.2 Å². The summed E-state index contributed by atoms with van der Waals surface area (Å²) in [5.41, 5.74) is 2.41. The lowest BCUT2D eigenvalue weighted by Crippen LogP contribution is -2.08. The number of nitrogens with one attached hydrogen (secondary N) is 1. The average molecular weight is 246 g/mol. The van der Waals surface area contributed by atoms with Gasteiger partial charge in [-0.1, -0.05) is 0 Å². The molecule has 1 aromatic carbocycles. The Hall–Kier alpha value is -2.67. The van der Waals surface area contributed by atoms with Crippen LogP contribution in [0.25, 0.3) is 0 Å². The number of non-ortho nitro benzene ring substituents is 1. The Morgan fingerprint density at radius 2 is 1.94 bits per heavy atom. The van der Waals surface area contributed by atoms with Crippen LogP contribution in [0.2, 0.25) is 0 Å². The van der Waals surface area contributed by atoms with Gasteiger partial charge in [-0.05, 0) is 18.2 Å². The van der Waals surface area contributed by atoms with Crippen molar-refractivity contribution in [1.29, 1.82) is 0 Å². The van der Waals surface area contributed by atoms with Crippen molar-refractivity contribution >= 4 is 11.5 Å². The van der Waals surface area contributed by atoms with Crippen LogP contribution in [0.3, 0.4) is 0 Å². The Bertz CT molecular complexity index is 556. The molecule has 1 heterocycles. The van der Waals surface area contributed by atoms with Crippen LogP contribution < -0.4 is 16.0 Å². The van der Waals surface area contributed by atoms with Crippen LogP contribution in [0.5, 0.6) is 11.5 Å². The summed E-state index contributed by atoms with van der Waals surface area (Å²) in [6.07, 6.45) is 1.54. The second-order valence-corrected chi connectivity index (χ2v) is 3.37. The summed E-state index contributed by atoms with van der Waals surface area (Å²) in [6, 6.07) is 9.06. The van der Waals surface area contributed by atoms with Crippen molar-refractivity contribution in [3.8, 4) is 11.5 Å². The zero-order valence-corrected chi connectivity index (χ0v) is 9.24. The number of nitrogens with two attached hydrogens (primary N) is 1. The summed E-state index contributed by atoms with van der Waals surface area (Å²) in [6.45, 7) is 0. The molecule has 0 fully saturated rings. The maximum absolute atomic E-state index is 10.5. The van der Waals surface area contributed by atoms with Crippen molar-refractivity contribution < 1.29 is 9.66 Å². The quantitative estimate of drug-likeness (QED) is 0.486. The average Bonchev–Trinajstić information content (AvgIpc) is 2.39. The minimum atomic E-state index is -0.466. The highest BCUT2D eigenvalue weighted by atomic mass is 16.6. The molecule has 3 N–H and O–H groups in total. The highest BCUT2D eigenvalue weighted by molar-refractivity contribution is 5.43. The molecule has 0 bridgehead atoms. The van der Waals surface area contributed by atoms with Gasteiger partial charge in [-0.15, -0.1) is 0 Å². The first-order valence-corrected chi connectivity index (χ1v) is 5.04. The summed E-state index contributed by atoms with van der Waals surface area (Å²) < 4.78 is 5.50. The number of benzene rings is 1. The zero-order valence-electron chi connectivity index (χ0n) is 9.24. The fourth-order valence-corrected chi connectivity index (χ4v) is 1.33. The third-order valence-electron chi connectivity index (χ3n) is 2.16. The van der Waals surface area contributed by atoms with Gasteiger partial charge in [-0.2, -0.15) is 0 Å². The van der Waals surface area contributed by atoms with E-state index >= 15 is 0 Å². The highest BCUT2D eigenvalue weighted by Crippen LogP contribution is 2.24. The van der Waals surface area contributed by atoms with Crippen LogP contribution in [-0.2, 0) is 0 Å². The first-order valence-electron chi connectivity index (χ1n) is 5.04. The molecule has 18 heavy (non-hydrogen) atoms. The molecule has 2 aromatic rings. The molecule has 2 rings (SSSR count). The first-order chi connectivity index (χ1) is 8.69. The molecule has 0 saturated heterocycles. The molecular weight excluding hydrogens is 236 g/mol. The van der Waals surface area contributed by atoms with E-state index in [1.165, 1.54) is 30.5 Å². The molecule has 0 spiro atoms. The molecule has 0 amide bonds. The maximum atomic E-state index is 10.5. The number of aromatic nitrogens is 1. The van der Waals surface area contributed by atoms with Gasteiger partial charge in [0.15, 0.2) is 0 Å². The van der Waals surface area contributed by atoms with E-state index in [2.05, 4.69) is 10.4 Å². The van der Waals surface area contributed by atoms with E-state index in [1.807, 2.05) is 0 Å². The van der Waals surface area contributed by atoms with Crippen LogP contribution in [0.1, 0.15) is 0 Å². The predicted molar refractivity (Wildman–Crippen MR) is 65.2 cm³/mol. The van der Waals surface area contributed by atoms with Gasteiger partial charge in [0.2, 0.25) is 0 Å². The number of nitrogen functional groups attached to an aromatic ring is 1. The predicted octanol–water partition coefficient (Wildman–Crippen LogP) is 2.07. The summed E-state index contributed by atoms with van der Waals surface area (Å²) in [5, 5.41) is 10.5. The second kappa shape index (κ2) is 5.11. The van der Waals surface area contributed by atoms with Crippen molar-refractivity contribution in [3.05, 3.63) is 52.7 Å². The Kier molecular flexibility index (Phi) is 3.35. The van der Waals surface area contributed by atoms with Crippen LogP contribution >= 0.6 is 0 Å². The molecule has 0 radical (unpaired) electrons. The van der Waals surface area contributed by atoms with Crippen molar-refractivity contribution in [2.75, 3.05) is 5.43 Å². The number of nitro benzene ring substituents is 1. The number of nitro groups is 1. The number of hydrogen-bond acceptors (Lipinski definition) is 6. The largest absolute Gasteiger partial charge is 0.457 e. The van der Waals surface area contributed by atoms with E-state index < -0.39 is 4.92 Å². The number of hydrogen-bond donors (Lipinski definition) is 2. The molecular formula is C11H10N4O3. The van der Waals surface area contributed by atoms with Gasteiger partial charge in [0.05, 0.1) is 4.92 Å². The molecule has 92 valence electrons. The fourth-order valence-electron chi connectivity index (χ4n) is 1.33. The lowest BCUT2D eigenvalue weighted by atomic mass is 10.3. The van der Waals surface area contributed by atoms with Crippen LogP contribution in [0.15, 0.2) is 42.6 Å². The molecule has 0 saturated carbocycles. The van der Waals surface area contributed by atoms with Crippen LogP contribution in [0, 0.1) is 10.1 Å². The maximum Gasteiger partial charge on any atom is 0.269 e. The van der Waals surface area contributed by atoms with E-state index in [0.29, 0.717) is 17.3 Å². The van der Waals surface area contributed by atoms with Crippen molar-refractivity contribution in [3.63, 3.8) is 0 Å². The van der Waals surface area contributed by atoms with Crippen molar-refractivity contribution in [1.82, 2.24) is 4.98 Å². The number of anilines is 1. The third-order valence-corrected chi connectivity index (χ3v) is 2.16. The number of rotatable bonds is 4. The SMILES string of the molecule is NNc1cc(Oc2ccc([N+](=O)[O-])cc2)ccn1. The fraction of sp³-hybridized carbons (Fsp3) is 0. The topological polar surface area (TPSA) is 103 Å². The van der Waals surface area contributed by atoms with Crippen molar-refractivity contribution in [2.45, 2.75) is 0 Å². The molecule has 7 heteroatoms. The molecule has 7 nitrogen and oxygen atoms in total. The van der Waals surface area contributed by atoms with Crippen molar-refractivity contribution in [2.24, 2.45) is 5.84 Å². The first kappa shape index (κ1) is 11.8. The van der Waals surface area contributed by atoms with E-state index in [4.69, 9.17) is 10.6 Å². The number of pyridine rings is 1. The van der Waals surface area contributed by atoms with Gasteiger partial charge in [0.25, 0.3) is 5.69 Å². The third kappa shape index (κ3) is 2.71. The number of hydrazine groups is 1. The smallest absolute Gasteiger partial charge is 0.269 e. The van der Waals surface area contributed by atoms with Gasteiger partial charge >= 0.3 is 0 Å². The lowest BCUT2D eigenvalue weighted by molar-refractivity contribution is -0.384. The summed E-state index contributed by atoms with van der Waals surface area (Å²) in [5.74, 6) is 6.72. The number of ether oxygens (including phenoxy) is 1. The summed E-state index contributed by atoms with van der Waals surface area (Å²) >= 11 is 0. The highest BCUT2D eigenvalue weighted by Gasteiger charge is 2.05. The minimum Gasteiger partial charge on any atom is -0.457 e. The van der Waals surface area contributed by atoms with E-state index in [0.717, 1.165) is 0 Å². The Morgan fingerprint density at radius 1 is 1.22 bits per heavy atom. The summed E-state index contributed by atoms with van der Waals surface area (Å²) in [7, 11) is 0. The van der Waals surface area contributed by atoms with Crippen LogP contribution in [-0.4, -0.2) is 9.91 Å². The Balaban J connectivity index is 2.15. The van der Waals surface area contributed by atoms with Gasteiger partial charge in [-0.3, -0.25) is 10.1 Å². The lowest BCUT2D eigenvalue weighted by Gasteiger charge is -2.06. The molecule has 0 atom stereocenters. The molecule has 0 aliphatic carbocycles. The zero-order chi connectivity index (χ0) is 13.0. The Labute approximate surface area is 102 Å². The molecule has 0 unspecified atom stereocenters. The van der Waals surface area contributed by atoms with Gasteiger partial charge in [0, 0.05) is 24.4 Å². The van der Waals surface area contributed by atoms with Gasteiger partial charge in [0.1, 0.15) is 17.3 Å². The minimum absolute atomic E-state index is 0.0152. The molecule has 1 aromatic heterocycles. The summed E-state index contributed by atoms with van der Waals surface area (Å²) in [4.78, 5) is 14.0. The second-order valence-electron chi connectivity index (χ2n) is 3.37. The Morgan fingerprint density at radius 3 is 2.56 bits per heavy atom. The van der Waals surface area contributed by atoms with E-state index in [1.54, 1.807) is 12.1 Å². The van der Waals surface area contributed by atoms with Crippen LogP contribution in [0.4, 0.5) is 11.5 Å².